The minimum absolute atomic E-state index is 0.244. The highest BCUT2D eigenvalue weighted by Crippen LogP contribution is 1.91. The highest BCUT2D eigenvalue weighted by Gasteiger charge is 1.99. The lowest BCUT2D eigenvalue weighted by atomic mass is 10.4. The van der Waals surface area contributed by atoms with Crippen molar-refractivity contribution in [2.24, 2.45) is 4.99 Å². The van der Waals surface area contributed by atoms with Gasteiger partial charge in [-0.25, -0.2) is 0 Å². The Hall–Kier alpha value is -0.370. The summed E-state index contributed by atoms with van der Waals surface area (Å²) in [4.78, 5) is 4.01. The summed E-state index contributed by atoms with van der Waals surface area (Å²) in [6, 6.07) is 0. The van der Waals surface area contributed by atoms with Gasteiger partial charge in [0.05, 0.1) is 19.3 Å². The van der Waals surface area contributed by atoms with Crippen LogP contribution in [0.4, 0.5) is 0 Å². The third-order valence-electron chi connectivity index (χ3n) is 0.916. The van der Waals surface area contributed by atoms with Crippen molar-refractivity contribution in [1.29, 1.82) is 0 Å². The molecule has 0 aromatic carbocycles. The Bertz CT molecular complexity index is 80.1. The molecule has 0 aromatic heterocycles. The van der Waals surface area contributed by atoms with Gasteiger partial charge in [-0.3, -0.25) is 4.99 Å². The van der Waals surface area contributed by atoms with E-state index >= 15 is 0 Å². The monoisotopic (exact) mass is 99.1 g/mol. The zero-order valence-electron chi connectivity index (χ0n) is 4.42. The average Bonchev–Trinajstić information content (AvgIpc) is 1.69. The maximum absolute atomic E-state index is 5.13. The lowest BCUT2D eigenvalue weighted by Crippen LogP contribution is -2.17. The molecule has 0 amide bonds. The number of nitrogens with zero attached hydrogens (tertiary/aromatic N) is 1. The quantitative estimate of drug-likeness (QED) is 0.432. The van der Waals surface area contributed by atoms with E-state index in [0.717, 1.165) is 13.2 Å². The van der Waals surface area contributed by atoms with E-state index in [1.54, 1.807) is 0 Å². The topological polar surface area (TPSA) is 21.6 Å². The van der Waals surface area contributed by atoms with E-state index in [0.29, 0.717) is 0 Å². The van der Waals surface area contributed by atoms with Crippen LogP contribution in [0.25, 0.3) is 0 Å². The summed E-state index contributed by atoms with van der Waals surface area (Å²) in [6.45, 7) is 3.62. The minimum atomic E-state index is 0.244. The fourth-order valence-electron chi connectivity index (χ4n) is 0.557. The van der Waals surface area contributed by atoms with Crippen LogP contribution in [0.2, 0.25) is 0 Å². The van der Waals surface area contributed by atoms with Gasteiger partial charge in [0.15, 0.2) is 0 Å². The smallest absolute Gasteiger partial charge is 0.0894 e. The first-order chi connectivity index (χ1) is 3.39. The Morgan fingerprint density at radius 1 is 1.86 bits per heavy atom. The molecule has 0 saturated carbocycles. The second-order valence-electron chi connectivity index (χ2n) is 1.63. The van der Waals surface area contributed by atoms with Gasteiger partial charge in [0, 0.05) is 6.21 Å². The molecule has 1 atom stereocenters. The van der Waals surface area contributed by atoms with E-state index in [2.05, 4.69) is 4.99 Å². The van der Waals surface area contributed by atoms with Crippen molar-refractivity contribution in [2.45, 2.75) is 13.0 Å². The molecule has 2 heteroatoms. The lowest BCUT2D eigenvalue weighted by molar-refractivity contribution is 0.111. The second-order valence-corrected chi connectivity index (χ2v) is 1.63. The van der Waals surface area contributed by atoms with Gasteiger partial charge in [0.25, 0.3) is 0 Å². The van der Waals surface area contributed by atoms with E-state index in [-0.39, 0.29) is 6.10 Å². The lowest BCUT2D eigenvalue weighted by Gasteiger charge is -2.10. The van der Waals surface area contributed by atoms with E-state index in [9.17, 15) is 0 Å². The van der Waals surface area contributed by atoms with Crippen LogP contribution in [-0.2, 0) is 4.74 Å². The third kappa shape index (κ3) is 1.27. The SMILES string of the molecule is C[C@H]1C=NCCO1. The van der Waals surface area contributed by atoms with E-state index in [1.165, 1.54) is 0 Å². The van der Waals surface area contributed by atoms with Gasteiger partial charge < -0.3 is 4.74 Å². The van der Waals surface area contributed by atoms with Crippen molar-refractivity contribution in [3.8, 4) is 0 Å². The Labute approximate surface area is 43.2 Å². The molecule has 1 rings (SSSR count). The summed E-state index contributed by atoms with van der Waals surface area (Å²) in [5.74, 6) is 0. The molecule has 0 aliphatic carbocycles. The number of hydrogen-bond acceptors (Lipinski definition) is 2. The van der Waals surface area contributed by atoms with E-state index in [1.807, 2.05) is 13.1 Å². The van der Waals surface area contributed by atoms with Crippen LogP contribution >= 0.6 is 0 Å². The standard InChI is InChI=1S/C5H9NO/c1-5-4-6-2-3-7-5/h4-5H,2-3H2,1H3/t5-/m0/s1. The fraction of sp³-hybridized carbons (Fsp3) is 0.800. The molecule has 1 heterocycles. The van der Waals surface area contributed by atoms with Crippen molar-refractivity contribution in [2.75, 3.05) is 13.2 Å². The molecule has 1 aliphatic heterocycles. The number of hydrogen-bond donors (Lipinski definition) is 0. The van der Waals surface area contributed by atoms with Crippen molar-refractivity contribution in [3.05, 3.63) is 0 Å². The molecule has 0 spiro atoms. The summed E-state index contributed by atoms with van der Waals surface area (Å²) >= 11 is 0. The summed E-state index contributed by atoms with van der Waals surface area (Å²) < 4.78 is 5.13. The third-order valence-corrected chi connectivity index (χ3v) is 0.916. The molecule has 0 radical (unpaired) electrons. The Kier molecular flexibility index (Phi) is 1.42. The van der Waals surface area contributed by atoms with Crippen molar-refractivity contribution < 1.29 is 4.74 Å². The van der Waals surface area contributed by atoms with Gasteiger partial charge in [-0.05, 0) is 6.92 Å². The fourth-order valence-corrected chi connectivity index (χ4v) is 0.557. The van der Waals surface area contributed by atoms with Crippen molar-refractivity contribution in [1.82, 2.24) is 0 Å². The van der Waals surface area contributed by atoms with Gasteiger partial charge in [0.2, 0.25) is 0 Å². The minimum Gasteiger partial charge on any atom is -0.371 e. The highest BCUT2D eigenvalue weighted by atomic mass is 16.5. The normalized spacial score (nSPS) is 30.7. The molecule has 0 bridgehead atoms. The summed E-state index contributed by atoms with van der Waals surface area (Å²) in [5, 5.41) is 0. The Morgan fingerprint density at radius 3 is 3.00 bits per heavy atom. The van der Waals surface area contributed by atoms with Crippen LogP contribution in [0.3, 0.4) is 0 Å². The summed E-state index contributed by atoms with van der Waals surface area (Å²) in [6.07, 6.45) is 2.08. The molecule has 0 unspecified atom stereocenters. The van der Waals surface area contributed by atoms with Crippen LogP contribution in [-0.4, -0.2) is 25.5 Å². The molecular formula is C5H9NO. The first kappa shape index (κ1) is 4.78. The zero-order valence-corrected chi connectivity index (χ0v) is 4.42. The van der Waals surface area contributed by atoms with Crippen molar-refractivity contribution >= 4 is 6.21 Å². The van der Waals surface area contributed by atoms with Gasteiger partial charge in [-0.15, -0.1) is 0 Å². The second kappa shape index (κ2) is 2.07. The molecule has 0 saturated heterocycles. The Morgan fingerprint density at radius 2 is 2.71 bits per heavy atom. The zero-order chi connectivity index (χ0) is 5.11. The first-order valence-corrected chi connectivity index (χ1v) is 2.51. The van der Waals surface area contributed by atoms with Crippen LogP contribution in [0.15, 0.2) is 4.99 Å². The predicted molar refractivity (Wildman–Crippen MR) is 28.8 cm³/mol. The van der Waals surface area contributed by atoms with Crippen LogP contribution in [0, 0.1) is 0 Å². The van der Waals surface area contributed by atoms with Crippen LogP contribution < -0.4 is 0 Å². The van der Waals surface area contributed by atoms with Gasteiger partial charge in [-0.2, -0.15) is 0 Å². The summed E-state index contributed by atoms with van der Waals surface area (Å²) in [5.41, 5.74) is 0. The molecule has 40 valence electrons. The first-order valence-electron chi connectivity index (χ1n) is 2.51. The van der Waals surface area contributed by atoms with Gasteiger partial charge >= 0.3 is 0 Å². The summed E-state index contributed by atoms with van der Waals surface area (Å²) in [7, 11) is 0. The largest absolute Gasteiger partial charge is 0.371 e. The maximum atomic E-state index is 5.13. The maximum Gasteiger partial charge on any atom is 0.0894 e. The number of rotatable bonds is 0. The predicted octanol–water partition coefficient (Wildman–Crippen LogP) is 0.476. The Balaban J connectivity index is 2.36. The number of ether oxygens (including phenoxy) is 1. The molecule has 0 fully saturated rings. The van der Waals surface area contributed by atoms with Gasteiger partial charge in [0.1, 0.15) is 0 Å². The number of aliphatic imine (C=N–C) groups is 1. The van der Waals surface area contributed by atoms with Gasteiger partial charge in [-0.1, -0.05) is 0 Å². The average molecular weight is 99.1 g/mol. The van der Waals surface area contributed by atoms with E-state index < -0.39 is 0 Å². The molecule has 1 aliphatic rings. The molecule has 0 aromatic rings. The molecular weight excluding hydrogens is 90.1 g/mol. The molecule has 0 N–H and O–H groups in total. The molecule has 2 nitrogen and oxygen atoms in total. The van der Waals surface area contributed by atoms with Crippen molar-refractivity contribution in [3.63, 3.8) is 0 Å². The highest BCUT2D eigenvalue weighted by molar-refractivity contribution is 5.62. The van der Waals surface area contributed by atoms with E-state index in [4.69, 9.17) is 4.74 Å². The van der Waals surface area contributed by atoms with Crippen LogP contribution in [0.1, 0.15) is 6.92 Å². The molecule has 7 heavy (non-hydrogen) atoms. The van der Waals surface area contributed by atoms with Crippen LogP contribution in [0.5, 0.6) is 0 Å².